The van der Waals surface area contributed by atoms with Gasteiger partial charge in [-0.15, -0.1) is 0 Å². The maximum Gasteiger partial charge on any atom is 0.0884 e. The number of para-hydroxylation sites is 1. The molecule has 0 aliphatic carbocycles. The number of rotatable bonds is 5. The zero-order valence-corrected chi connectivity index (χ0v) is 23.6. The number of nitrogens with zero attached hydrogens (tertiary/aromatic N) is 2. The van der Waals surface area contributed by atoms with Crippen LogP contribution in [0.25, 0.3) is 49.0 Å². The molecule has 0 fully saturated rings. The van der Waals surface area contributed by atoms with Crippen molar-refractivity contribution in [2.45, 2.75) is 6.42 Å². The maximum atomic E-state index is 7.07. The number of nitrogen functional groups attached to an aromatic ring is 1. The van der Waals surface area contributed by atoms with Crippen molar-refractivity contribution in [3.8, 4) is 5.69 Å². The first kappa shape index (κ1) is 25.1. The Bertz CT molecular complexity index is 2220. The predicted octanol–water partition coefficient (Wildman–Crippen LogP) is 10.0. The Kier molecular flexibility index (Phi) is 6.01. The molecule has 8 aromatic rings. The van der Waals surface area contributed by atoms with Gasteiger partial charge in [0.15, 0.2) is 0 Å². The van der Waals surface area contributed by atoms with Crippen LogP contribution in [0, 0.1) is 0 Å². The molecular formula is C40H29N3. The standard InChI is InChI=1S/C40H29N3/c41-40-33(42-34(30-16-5-2-6-17-30)26-27-12-3-1-4-13-27)20-11-21-37(40)43-35-24-22-28-14-7-9-18-31(28)38(35)39-32-19-10-8-15-29(32)23-25-36(39)43/h1-25H,26,41H2/b42-34+. The molecule has 43 heavy (non-hydrogen) atoms. The highest BCUT2D eigenvalue weighted by Crippen LogP contribution is 2.42. The minimum Gasteiger partial charge on any atom is -0.395 e. The summed E-state index contributed by atoms with van der Waals surface area (Å²) >= 11 is 0. The van der Waals surface area contributed by atoms with Gasteiger partial charge in [0.2, 0.25) is 0 Å². The van der Waals surface area contributed by atoms with Crippen LogP contribution < -0.4 is 5.73 Å². The van der Waals surface area contributed by atoms with E-state index in [0.717, 1.165) is 33.7 Å². The number of hydrogen-bond acceptors (Lipinski definition) is 2. The highest BCUT2D eigenvalue weighted by atomic mass is 15.0. The maximum absolute atomic E-state index is 7.07. The van der Waals surface area contributed by atoms with Gasteiger partial charge in [-0.2, -0.15) is 0 Å². The highest BCUT2D eigenvalue weighted by molar-refractivity contribution is 6.28. The van der Waals surface area contributed by atoms with Crippen LogP contribution in [0.15, 0.2) is 157 Å². The van der Waals surface area contributed by atoms with Gasteiger partial charge < -0.3 is 10.3 Å². The Labute approximate surface area is 250 Å². The monoisotopic (exact) mass is 551 g/mol. The molecule has 0 saturated heterocycles. The molecule has 0 spiro atoms. The van der Waals surface area contributed by atoms with Crippen LogP contribution >= 0.6 is 0 Å². The summed E-state index contributed by atoms with van der Waals surface area (Å²) in [5, 5.41) is 7.41. The van der Waals surface area contributed by atoms with Crippen molar-refractivity contribution in [2.24, 2.45) is 4.99 Å². The topological polar surface area (TPSA) is 43.3 Å². The van der Waals surface area contributed by atoms with Gasteiger partial charge in [0, 0.05) is 17.2 Å². The molecule has 0 aliphatic rings. The van der Waals surface area contributed by atoms with Crippen LogP contribution in [-0.2, 0) is 6.42 Å². The molecule has 0 radical (unpaired) electrons. The first-order valence-electron chi connectivity index (χ1n) is 14.7. The number of anilines is 1. The number of nitrogens with two attached hydrogens (primary N) is 1. The van der Waals surface area contributed by atoms with Crippen LogP contribution in [0.3, 0.4) is 0 Å². The minimum atomic E-state index is 0.657. The smallest absolute Gasteiger partial charge is 0.0884 e. The van der Waals surface area contributed by atoms with Crippen molar-refractivity contribution in [1.29, 1.82) is 0 Å². The summed E-state index contributed by atoms with van der Waals surface area (Å²) in [6, 6.07) is 53.2. The van der Waals surface area contributed by atoms with E-state index >= 15 is 0 Å². The Morgan fingerprint density at radius 3 is 1.72 bits per heavy atom. The molecular weight excluding hydrogens is 522 g/mol. The molecule has 1 heterocycles. The van der Waals surface area contributed by atoms with E-state index in [0.29, 0.717) is 12.1 Å². The Morgan fingerprint density at radius 2 is 1.09 bits per heavy atom. The lowest BCUT2D eigenvalue weighted by atomic mass is 10.00. The van der Waals surface area contributed by atoms with Crippen molar-refractivity contribution in [2.75, 3.05) is 5.73 Å². The fourth-order valence-electron chi connectivity index (χ4n) is 6.41. The lowest BCUT2D eigenvalue weighted by Crippen LogP contribution is -2.06. The lowest BCUT2D eigenvalue weighted by molar-refractivity contribution is 1.18. The van der Waals surface area contributed by atoms with Crippen LogP contribution in [0.4, 0.5) is 11.4 Å². The molecule has 2 N–H and O–H groups in total. The van der Waals surface area contributed by atoms with E-state index in [1.54, 1.807) is 0 Å². The molecule has 0 atom stereocenters. The Morgan fingerprint density at radius 1 is 0.535 bits per heavy atom. The van der Waals surface area contributed by atoms with Gasteiger partial charge in [0.1, 0.15) is 0 Å². The van der Waals surface area contributed by atoms with Gasteiger partial charge in [0.05, 0.1) is 33.8 Å². The summed E-state index contributed by atoms with van der Waals surface area (Å²) in [5.41, 5.74) is 15.0. The molecule has 3 nitrogen and oxygen atoms in total. The first-order chi connectivity index (χ1) is 21.3. The second-order valence-electron chi connectivity index (χ2n) is 11.0. The zero-order valence-electron chi connectivity index (χ0n) is 23.6. The molecule has 7 aromatic carbocycles. The van der Waals surface area contributed by atoms with Crippen LogP contribution in [0.2, 0.25) is 0 Å². The van der Waals surface area contributed by atoms with Gasteiger partial charge in [-0.3, -0.25) is 4.99 Å². The quantitative estimate of drug-likeness (QED) is 0.168. The summed E-state index contributed by atoms with van der Waals surface area (Å²) < 4.78 is 2.32. The molecule has 204 valence electrons. The largest absolute Gasteiger partial charge is 0.395 e. The van der Waals surface area contributed by atoms with E-state index in [4.69, 9.17) is 10.7 Å². The number of benzene rings is 7. The van der Waals surface area contributed by atoms with Crippen molar-refractivity contribution in [3.63, 3.8) is 0 Å². The van der Waals surface area contributed by atoms with Gasteiger partial charge in [0.25, 0.3) is 0 Å². The summed E-state index contributed by atoms with van der Waals surface area (Å²) in [6.45, 7) is 0. The van der Waals surface area contributed by atoms with Crippen molar-refractivity contribution in [1.82, 2.24) is 4.57 Å². The molecule has 0 saturated carbocycles. The summed E-state index contributed by atoms with van der Waals surface area (Å²) in [6.07, 6.45) is 0.710. The van der Waals surface area contributed by atoms with Crippen LogP contribution in [-0.4, -0.2) is 10.3 Å². The lowest BCUT2D eigenvalue weighted by Gasteiger charge is -2.14. The fourth-order valence-corrected chi connectivity index (χ4v) is 6.41. The van der Waals surface area contributed by atoms with Crippen LogP contribution in [0.1, 0.15) is 11.1 Å². The number of aliphatic imine (C=N–C) groups is 1. The van der Waals surface area contributed by atoms with Crippen molar-refractivity contribution >= 4 is 60.4 Å². The van der Waals surface area contributed by atoms with Crippen molar-refractivity contribution in [3.05, 3.63) is 163 Å². The van der Waals surface area contributed by atoms with Gasteiger partial charge in [-0.25, -0.2) is 0 Å². The normalized spacial score (nSPS) is 12.0. The average molecular weight is 552 g/mol. The van der Waals surface area contributed by atoms with Crippen LogP contribution in [0.5, 0.6) is 0 Å². The SMILES string of the molecule is Nc1c(/N=C(\Cc2ccccc2)c2ccccc2)cccc1-n1c2ccc3ccccc3c2c2c3ccccc3ccc21. The number of aromatic nitrogens is 1. The Hall–Kier alpha value is -5.67. The Balaban J connectivity index is 1.40. The van der Waals surface area contributed by atoms with E-state index in [1.165, 1.54) is 37.9 Å². The molecule has 3 heteroatoms. The van der Waals surface area contributed by atoms with Gasteiger partial charge in [-0.05, 0) is 56.9 Å². The molecule has 1 aromatic heterocycles. The third-order valence-corrected chi connectivity index (χ3v) is 8.42. The van der Waals surface area contributed by atoms with E-state index < -0.39 is 0 Å². The molecule has 0 amide bonds. The van der Waals surface area contributed by atoms with Gasteiger partial charge in [-0.1, -0.05) is 127 Å². The molecule has 0 aliphatic heterocycles. The average Bonchev–Trinajstić information content (AvgIpc) is 3.41. The van der Waals surface area contributed by atoms with E-state index in [-0.39, 0.29) is 0 Å². The van der Waals surface area contributed by atoms with Gasteiger partial charge >= 0.3 is 0 Å². The number of hydrogen-bond donors (Lipinski definition) is 1. The number of fused-ring (bicyclic) bond motifs is 7. The molecule has 0 bridgehead atoms. The summed E-state index contributed by atoms with van der Waals surface area (Å²) in [4.78, 5) is 5.23. The summed E-state index contributed by atoms with van der Waals surface area (Å²) in [7, 11) is 0. The second kappa shape index (κ2) is 10.3. The first-order valence-corrected chi connectivity index (χ1v) is 14.7. The van der Waals surface area contributed by atoms with E-state index in [1.807, 2.05) is 18.2 Å². The minimum absolute atomic E-state index is 0.657. The molecule has 0 unspecified atom stereocenters. The van der Waals surface area contributed by atoms with Crippen molar-refractivity contribution < 1.29 is 0 Å². The third-order valence-electron chi connectivity index (χ3n) is 8.42. The van der Waals surface area contributed by atoms with E-state index in [2.05, 4.69) is 138 Å². The highest BCUT2D eigenvalue weighted by Gasteiger charge is 2.19. The van der Waals surface area contributed by atoms with E-state index in [9.17, 15) is 0 Å². The predicted molar refractivity (Wildman–Crippen MR) is 183 cm³/mol. The third kappa shape index (κ3) is 4.25. The fraction of sp³-hybridized carbons (Fsp3) is 0.0250. The summed E-state index contributed by atoms with van der Waals surface area (Å²) in [5.74, 6) is 0. The second-order valence-corrected chi connectivity index (χ2v) is 11.0. The zero-order chi connectivity index (χ0) is 28.8. The molecule has 8 rings (SSSR count).